The number of carbonyl (C=O) groups is 2. The van der Waals surface area contributed by atoms with E-state index in [2.05, 4.69) is 5.32 Å². The predicted molar refractivity (Wildman–Crippen MR) is 79.8 cm³/mol. The zero-order valence-electron chi connectivity index (χ0n) is 11.4. The van der Waals surface area contributed by atoms with E-state index in [0.717, 1.165) is 16.3 Å². The van der Waals surface area contributed by atoms with Crippen LogP contribution in [-0.2, 0) is 9.59 Å². The first-order valence-corrected chi connectivity index (χ1v) is 7.00. The minimum atomic E-state index is -0.908. The second-order valence-corrected chi connectivity index (χ2v) is 5.10. The smallest absolute Gasteiger partial charge is 0.290 e. The van der Waals surface area contributed by atoms with Crippen molar-refractivity contribution in [3.05, 3.63) is 24.3 Å². The number of aliphatic hydroxyl groups is 1. The number of para-hydroxylation sites is 1. The highest BCUT2D eigenvalue weighted by Gasteiger charge is 2.19. The number of hydrogen-bond acceptors (Lipinski definition) is 5. The number of thioether (sulfide) groups is 1. The van der Waals surface area contributed by atoms with Gasteiger partial charge in [-0.2, -0.15) is 0 Å². The quantitative estimate of drug-likeness (QED) is 0.479. The molecule has 112 valence electrons. The van der Waals surface area contributed by atoms with Crippen molar-refractivity contribution in [3.8, 4) is 0 Å². The second kappa shape index (κ2) is 10.2. The van der Waals surface area contributed by atoms with Crippen molar-refractivity contribution in [2.45, 2.75) is 30.9 Å². The molecule has 0 fully saturated rings. The van der Waals surface area contributed by atoms with E-state index in [0.29, 0.717) is 0 Å². The van der Waals surface area contributed by atoms with Crippen molar-refractivity contribution in [2.75, 3.05) is 11.1 Å². The van der Waals surface area contributed by atoms with Gasteiger partial charge in [-0.25, -0.2) is 0 Å². The van der Waals surface area contributed by atoms with Crippen molar-refractivity contribution in [2.24, 2.45) is 5.73 Å². The minimum absolute atomic E-state index is 0.250. The van der Waals surface area contributed by atoms with E-state index < -0.39 is 12.1 Å². The highest BCUT2D eigenvalue weighted by molar-refractivity contribution is 7.99. The zero-order valence-corrected chi connectivity index (χ0v) is 12.3. The van der Waals surface area contributed by atoms with Crippen molar-refractivity contribution < 1.29 is 19.8 Å². The zero-order chi connectivity index (χ0) is 15.5. The average Bonchev–Trinajstić information content (AvgIpc) is 2.41. The van der Waals surface area contributed by atoms with Gasteiger partial charge in [-0.1, -0.05) is 19.1 Å². The molecule has 1 aromatic rings. The monoisotopic (exact) mass is 300 g/mol. The fourth-order valence-electron chi connectivity index (χ4n) is 1.29. The molecule has 0 aliphatic carbocycles. The van der Waals surface area contributed by atoms with E-state index >= 15 is 0 Å². The second-order valence-electron chi connectivity index (χ2n) is 3.79. The summed E-state index contributed by atoms with van der Waals surface area (Å²) in [5.74, 6) is 0.555. The molecule has 6 nitrogen and oxygen atoms in total. The summed E-state index contributed by atoms with van der Waals surface area (Å²) in [4.78, 5) is 21.1. The van der Waals surface area contributed by atoms with Crippen LogP contribution in [0.5, 0.6) is 0 Å². The molecule has 1 amide bonds. The van der Waals surface area contributed by atoms with Gasteiger partial charge in [0.1, 0.15) is 6.04 Å². The molecule has 0 spiro atoms. The van der Waals surface area contributed by atoms with Gasteiger partial charge in [0.15, 0.2) is 0 Å². The normalized spacial score (nSPS) is 12.6. The molecule has 0 heterocycles. The summed E-state index contributed by atoms with van der Waals surface area (Å²) in [5, 5.41) is 18.9. The molecule has 1 aromatic carbocycles. The molecule has 2 atom stereocenters. The highest BCUT2D eigenvalue weighted by Crippen LogP contribution is 2.26. The van der Waals surface area contributed by atoms with Gasteiger partial charge < -0.3 is 21.3 Å². The summed E-state index contributed by atoms with van der Waals surface area (Å²) in [6, 6.07) is 6.63. The molecule has 20 heavy (non-hydrogen) atoms. The van der Waals surface area contributed by atoms with Gasteiger partial charge in [0.2, 0.25) is 5.91 Å². The van der Waals surface area contributed by atoms with Crippen LogP contribution >= 0.6 is 11.8 Å². The van der Waals surface area contributed by atoms with Gasteiger partial charge >= 0.3 is 0 Å². The first kappa shape index (κ1) is 18.4. The third kappa shape index (κ3) is 6.55. The van der Waals surface area contributed by atoms with E-state index in [9.17, 15) is 9.90 Å². The number of carboxylic acid groups (broad SMARTS) is 1. The molecule has 0 aromatic heterocycles. The maximum atomic E-state index is 11.7. The standard InChI is InChI=1S/C12H18N2O2S.CH2O2/c1-3-17-10-7-5-4-6-9(10)14-12(16)11(13)8(2)15;2-1-3/h4-8,11,15H,3,13H2,1-2H3,(H,14,16);1H,(H,2,3)/t8-,11+;/m1./s1. The summed E-state index contributed by atoms with van der Waals surface area (Å²) in [6.45, 7) is 3.29. The van der Waals surface area contributed by atoms with Gasteiger partial charge in [0.25, 0.3) is 6.47 Å². The Morgan fingerprint density at radius 2 is 2.05 bits per heavy atom. The van der Waals surface area contributed by atoms with Crippen molar-refractivity contribution in [1.29, 1.82) is 0 Å². The Labute approximate surface area is 122 Å². The number of hydrogen-bond donors (Lipinski definition) is 4. The molecule has 0 radical (unpaired) electrons. The molecule has 0 bridgehead atoms. The van der Waals surface area contributed by atoms with E-state index in [1.54, 1.807) is 11.8 Å². The van der Waals surface area contributed by atoms with Crippen LogP contribution < -0.4 is 11.1 Å². The molecular weight excluding hydrogens is 280 g/mol. The third-order valence-corrected chi connectivity index (χ3v) is 3.22. The van der Waals surface area contributed by atoms with E-state index in [1.807, 2.05) is 31.2 Å². The maximum absolute atomic E-state index is 11.7. The number of aliphatic hydroxyl groups excluding tert-OH is 1. The third-order valence-electron chi connectivity index (χ3n) is 2.27. The summed E-state index contributed by atoms with van der Waals surface area (Å²) in [6.07, 6.45) is -0.860. The summed E-state index contributed by atoms with van der Waals surface area (Å²) < 4.78 is 0. The Morgan fingerprint density at radius 1 is 1.50 bits per heavy atom. The average molecular weight is 300 g/mol. The summed E-state index contributed by atoms with van der Waals surface area (Å²) >= 11 is 1.65. The molecule has 0 saturated heterocycles. The number of anilines is 1. The molecule has 0 unspecified atom stereocenters. The molecule has 7 heteroatoms. The number of carbonyl (C=O) groups excluding carboxylic acids is 1. The van der Waals surface area contributed by atoms with Crippen LogP contribution in [0.25, 0.3) is 0 Å². The van der Waals surface area contributed by atoms with E-state index in [-0.39, 0.29) is 12.4 Å². The van der Waals surface area contributed by atoms with Crippen LogP contribution in [0.1, 0.15) is 13.8 Å². The molecule has 5 N–H and O–H groups in total. The predicted octanol–water partition coefficient (Wildman–Crippen LogP) is 1.15. The largest absolute Gasteiger partial charge is 0.483 e. The van der Waals surface area contributed by atoms with Crippen LogP contribution in [0.3, 0.4) is 0 Å². The first-order valence-electron chi connectivity index (χ1n) is 6.02. The summed E-state index contributed by atoms with van der Waals surface area (Å²) in [5.41, 5.74) is 6.30. The Balaban J connectivity index is 0.00000110. The molecular formula is C13H20N2O4S. The lowest BCUT2D eigenvalue weighted by Crippen LogP contribution is -2.43. The van der Waals surface area contributed by atoms with Gasteiger partial charge in [0, 0.05) is 4.90 Å². The van der Waals surface area contributed by atoms with Gasteiger partial charge in [0.05, 0.1) is 11.8 Å². The SMILES string of the molecule is CCSc1ccccc1NC(=O)[C@@H](N)[C@@H](C)O.O=CO. The maximum Gasteiger partial charge on any atom is 0.290 e. The van der Waals surface area contributed by atoms with Crippen LogP contribution in [0, 0.1) is 0 Å². The van der Waals surface area contributed by atoms with Crippen LogP contribution in [0.4, 0.5) is 5.69 Å². The topological polar surface area (TPSA) is 113 Å². The number of nitrogens with one attached hydrogen (secondary N) is 1. The van der Waals surface area contributed by atoms with Crippen LogP contribution in [0.15, 0.2) is 29.2 Å². The van der Waals surface area contributed by atoms with Crippen molar-refractivity contribution in [1.82, 2.24) is 0 Å². The van der Waals surface area contributed by atoms with Crippen molar-refractivity contribution in [3.63, 3.8) is 0 Å². The number of amides is 1. The van der Waals surface area contributed by atoms with Crippen LogP contribution in [0.2, 0.25) is 0 Å². The first-order chi connectivity index (χ1) is 9.47. The fourth-order valence-corrected chi connectivity index (χ4v) is 2.05. The minimum Gasteiger partial charge on any atom is -0.483 e. The Morgan fingerprint density at radius 3 is 2.55 bits per heavy atom. The molecule has 0 saturated carbocycles. The van der Waals surface area contributed by atoms with Gasteiger partial charge in [-0.15, -0.1) is 11.8 Å². The van der Waals surface area contributed by atoms with Gasteiger partial charge in [-0.05, 0) is 24.8 Å². The van der Waals surface area contributed by atoms with Gasteiger partial charge in [-0.3, -0.25) is 9.59 Å². The molecule has 0 aliphatic rings. The van der Waals surface area contributed by atoms with E-state index in [1.165, 1.54) is 6.92 Å². The lowest BCUT2D eigenvalue weighted by atomic mass is 10.2. The van der Waals surface area contributed by atoms with Crippen LogP contribution in [-0.4, -0.2) is 40.5 Å². The lowest BCUT2D eigenvalue weighted by Gasteiger charge is -2.16. The Hall–Kier alpha value is -1.57. The Kier molecular flexibility index (Phi) is 9.44. The fraction of sp³-hybridized carbons (Fsp3) is 0.385. The highest BCUT2D eigenvalue weighted by atomic mass is 32.2. The number of nitrogens with two attached hydrogens (primary N) is 1. The van der Waals surface area contributed by atoms with Crippen molar-refractivity contribution >= 4 is 29.8 Å². The summed E-state index contributed by atoms with van der Waals surface area (Å²) in [7, 11) is 0. The Bertz CT molecular complexity index is 427. The number of benzene rings is 1. The lowest BCUT2D eigenvalue weighted by molar-refractivity contribution is -0.123. The molecule has 1 rings (SSSR count). The van der Waals surface area contributed by atoms with E-state index in [4.69, 9.17) is 15.6 Å². The molecule has 0 aliphatic heterocycles. The number of rotatable bonds is 5.